The molecule has 1 heterocycles. The highest BCUT2D eigenvalue weighted by molar-refractivity contribution is 5.91. The van der Waals surface area contributed by atoms with Crippen LogP contribution in [-0.2, 0) is 19.1 Å². The summed E-state index contributed by atoms with van der Waals surface area (Å²) in [7, 11) is 1.56. The number of hydrogen-bond acceptors (Lipinski definition) is 5. The van der Waals surface area contributed by atoms with Crippen molar-refractivity contribution >= 4 is 23.9 Å². The number of benzene rings is 1. The Morgan fingerprint density at radius 2 is 2.12 bits per heavy atom. The molecule has 25 heavy (non-hydrogen) atoms. The molecule has 2 N–H and O–H groups in total. The van der Waals surface area contributed by atoms with Crippen LogP contribution >= 0.6 is 0 Å². The molecule has 0 aliphatic carbocycles. The first-order valence-corrected chi connectivity index (χ1v) is 8.09. The smallest absolute Gasteiger partial charge is 0.331 e. The molecule has 134 valence electrons. The van der Waals surface area contributed by atoms with Crippen LogP contribution in [0.2, 0.25) is 0 Å². The van der Waals surface area contributed by atoms with Crippen molar-refractivity contribution in [3.05, 3.63) is 35.9 Å². The van der Waals surface area contributed by atoms with Gasteiger partial charge in [0.15, 0.2) is 6.61 Å². The van der Waals surface area contributed by atoms with Gasteiger partial charge in [-0.2, -0.15) is 0 Å². The predicted molar refractivity (Wildman–Crippen MR) is 91.5 cm³/mol. The maximum absolute atomic E-state index is 12.2. The molecular weight excluding hydrogens is 324 g/mol. The van der Waals surface area contributed by atoms with Gasteiger partial charge in [0, 0.05) is 12.6 Å². The average Bonchev–Trinajstić information content (AvgIpc) is 2.64. The predicted octanol–water partition coefficient (Wildman–Crippen LogP) is 1.12. The number of esters is 1. The van der Waals surface area contributed by atoms with E-state index >= 15 is 0 Å². The number of primary amides is 1. The van der Waals surface area contributed by atoms with Crippen LogP contribution in [0.1, 0.15) is 24.8 Å². The van der Waals surface area contributed by atoms with Gasteiger partial charge in [0.2, 0.25) is 5.91 Å². The van der Waals surface area contributed by atoms with Gasteiger partial charge in [0.1, 0.15) is 11.8 Å². The topological polar surface area (TPSA) is 98.9 Å². The van der Waals surface area contributed by atoms with E-state index in [1.54, 1.807) is 31.4 Å². The van der Waals surface area contributed by atoms with Crippen molar-refractivity contribution in [1.82, 2.24) is 4.90 Å². The second kappa shape index (κ2) is 8.86. The fourth-order valence-electron chi connectivity index (χ4n) is 2.70. The normalized spacial score (nSPS) is 17.3. The molecule has 0 saturated carbocycles. The second-order valence-electron chi connectivity index (χ2n) is 5.72. The standard InChI is InChI=1S/C18H22N2O5/c1-24-14-6-4-5-13(11-14)8-9-17(22)25-12-16(21)20-10-3-2-7-15(20)18(19)23/h4-6,8-9,11,15H,2-3,7,10,12H2,1H3,(H2,19,23)/b9-8+/t15-/m0/s1. The summed E-state index contributed by atoms with van der Waals surface area (Å²) >= 11 is 0. The SMILES string of the molecule is COc1cccc(/C=C/C(=O)OCC(=O)N2CCCC[C@H]2C(N)=O)c1. The number of piperidine rings is 1. The summed E-state index contributed by atoms with van der Waals surface area (Å²) in [6.45, 7) is 0.0364. The number of carbonyl (C=O) groups is 3. The molecule has 1 aromatic carbocycles. The molecule has 0 bridgehead atoms. The Hall–Kier alpha value is -2.83. The number of ether oxygens (including phenoxy) is 2. The molecule has 0 aromatic heterocycles. The Morgan fingerprint density at radius 3 is 2.84 bits per heavy atom. The number of rotatable bonds is 6. The van der Waals surface area contributed by atoms with Crippen molar-refractivity contribution in [1.29, 1.82) is 0 Å². The van der Waals surface area contributed by atoms with Crippen LogP contribution in [0, 0.1) is 0 Å². The zero-order chi connectivity index (χ0) is 18.2. The molecule has 1 aromatic rings. The van der Waals surface area contributed by atoms with E-state index in [0.29, 0.717) is 18.7 Å². The van der Waals surface area contributed by atoms with Crippen molar-refractivity contribution in [3.8, 4) is 5.75 Å². The van der Waals surface area contributed by atoms with Gasteiger partial charge in [-0.15, -0.1) is 0 Å². The Bertz CT molecular complexity index is 671. The van der Waals surface area contributed by atoms with Crippen LogP contribution in [0.15, 0.2) is 30.3 Å². The Balaban J connectivity index is 1.87. The Morgan fingerprint density at radius 1 is 1.32 bits per heavy atom. The van der Waals surface area contributed by atoms with E-state index in [4.69, 9.17) is 15.2 Å². The second-order valence-corrected chi connectivity index (χ2v) is 5.72. The van der Waals surface area contributed by atoms with Crippen LogP contribution < -0.4 is 10.5 Å². The van der Waals surface area contributed by atoms with E-state index in [1.807, 2.05) is 6.07 Å². The molecule has 1 aliphatic heterocycles. The van der Waals surface area contributed by atoms with E-state index in [9.17, 15) is 14.4 Å². The number of likely N-dealkylation sites (tertiary alicyclic amines) is 1. The van der Waals surface area contributed by atoms with Gasteiger partial charge in [-0.1, -0.05) is 12.1 Å². The lowest BCUT2D eigenvalue weighted by Gasteiger charge is -2.33. The van der Waals surface area contributed by atoms with Crippen molar-refractivity contribution in [2.45, 2.75) is 25.3 Å². The minimum atomic E-state index is -0.635. The molecule has 0 spiro atoms. The van der Waals surface area contributed by atoms with Gasteiger partial charge in [0.05, 0.1) is 7.11 Å². The summed E-state index contributed by atoms with van der Waals surface area (Å²) in [5, 5.41) is 0. The molecule has 1 saturated heterocycles. The molecule has 7 heteroatoms. The number of nitrogens with zero attached hydrogens (tertiary/aromatic N) is 1. The van der Waals surface area contributed by atoms with E-state index in [1.165, 1.54) is 11.0 Å². The van der Waals surface area contributed by atoms with Crippen molar-refractivity contribution in [3.63, 3.8) is 0 Å². The largest absolute Gasteiger partial charge is 0.497 e. The number of nitrogens with two attached hydrogens (primary N) is 1. The molecule has 1 atom stereocenters. The molecule has 2 rings (SSSR count). The number of amides is 2. The van der Waals surface area contributed by atoms with E-state index in [0.717, 1.165) is 18.4 Å². The summed E-state index contributed by atoms with van der Waals surface area (Å²) in [6, 6.07) is 6.55. The Kier molecular flexibility index (Phi) is 6.56. The third-order valence-electron chi connectivity index (χ3n) is 4.00. The molecule has 0 unspecified atom stereocenters. The Labute approximate surface area is 146 Å². The summed E-state index contributed by atoms with van der Waals surface area (Å²) < 4.78 is 10.1. The lowest BCUT2D eigenvalue weighted by molar-refractivity contribution is -0.151. The summed E-state index contributed by atoms with van der Waals surface area (Å²) in [5.41, 5.74) is 6.10. The zero-order valence-electron chi connectivity index (χ0n) is 14.1. The van der Waals surface area contributed by atoms with Gasteiger partial charge < -0.3 is 20.1 Å². The fraction of sp³-hybridized carbons (Fsp3) is 0.389. The quantitative estimate of drug-likeness (QED) is 0.615. The molecule has 1 aliphatic rings. The number of methoxy groups -OCH3 is 1. The van der Waals surface area contributed by atoms with Gasteiger partial charge in [-0.25, -0.2) is 4.79 Å². The highest BCUT2D eigenvalue weighted by Crippen LogP contribution is 2.17. The first-order chi connectivity index (χ1) is 12.0. The highest BCUT2D eigenvalue weighted by Gasteiger charge is 2.30. The van der Waals surface area contributed by atoms with Gasteiger partial charge in [0.25, 0.3) is 5.91 Å². The summed E-state index contributed by atoms with van der Waals surface area (Å²) in [4.78, 5) is 36.8. The van der Waals surface area contributed by atoms with Crippen molar-refractivity contribution in [2.75, 3.05) is 20.3 Å². The third-order valence-corrected chi connectivity index (χ3v) is 4.00. The van der Waals surface area contributed by atoms with Gasteiger partial charge >= 0.3 is 5.97 Å². The van der Waals surface area contributed by atoms with Crippen LogP contribution in [0.4, 0.5) is 0 Å². The third kappa shape index (κ3) is 5.34. The van der Waals surface area contributed by atoms with Crippen LogP contribution in [0.5, 0.6) is 5.75 Å². The van der Waals surface area contributed by atoms with Crippen LogP contribution in [0.25, 0.3) is 6.08 Å². The van der Waals surface area contributed by atoms with E-state index in [2.05, 4.69) is 0 Å². The van der Waals surface area contributed by atoms with Gasteiger partial charge in [-0.3, -0.25) is 9.59 Å². The first-order valence-electron chi connectivity index (χ1n) is 8.09. The first kappa shape index (κ1) is 18.5. The molecule has 7 nitrogen and oxygen atoms in total. The van der Waals surface area contributed by atoms with Crippen molar-refractivity contribution in [2.24, 2.45) is 5.73 Å². The summed E-state index contributed by atoms with van der Waals surface area (Å²) in [5.74, 6) is -0.902. The van der Waals surface area contributed by atoms with Crippen molar-refractivity contribution < 1.29 is 23.9 Å². The van der Waals surface area contributed by atoms with Crippen LogP contribution in [-0.4, -0.2) is 49.0 Å². The minimum Gasteiger partial charge on any atom is -0.497 e. The molecular formula is C18H22N2O5. The fourth-order valence-corrected chi connectivity index (χ4v) is 2.70. The number of carbonyl (C=O) groups excluding carboxylic acids is 3. The monoisotopic (exact) mass is 346 g/mol. The average molecular weight is 346 g/mol. The lowest BCUT2D eigenvalue weighted by atomic mass is 10.0. The van der Waals surface area contributed by atoms with E-state index < -0.39 is 30.4 Å². The number of hydrogen-bond donors (Lipinski definition) is 1. The minimum absolute atomic E-state index is 0.411. The zero-order valence-corrected chi connectivity index (χ0v) is 14.1. The van der Waals surface area contributed by atoms with Gasteiger partial charge in [-0.05, 0) is 43.0 Å². The molecule has 1 fully saturated rings. The highest BCUT2D eigenvalue weighted by atomic mass is 16.5. The van der Waals surface area contributed by atoms with Crippen LogP contribution in [0.3, 0.4) is 0 Å². The molecule has 0 radical (unpaired) electrons. The maximum atomic E-state index is 12.2. The maximum Gasteiger partial charge on any atom is 0.331 e. The lowest BCUT2D eigenvalue weighted by Crippen LogP contribution is -2.51. The van der Waals surface area contributed by atoms with E-state index in [-0.39, 0.29) is 0 Å². The molecule has 2 amide bonds. The summed E-state index contributed by atoms with van der Waals surface area (Å²) in [6.07, 6.45) is 5.01.